The van der Waals surface area contributed by atoms with Crippen molar-refractivity contribution in [3.05, 3.63) is 0 Å². The quantitative estimate of drug-likeness (QED) is 0.759. The molecule has 21 heavy (non-hydrogen) atoms. The van der Waals surface area contributed by atoms with Crippen LogP contribution in [0.3, 0.4) is 0 Å². The molecule has 0 aromatic heterocycles. The van der Waals surface area contributed by atoms with E-state index in [1.54, 1.807) is 6.92 Å². The molecule has 2 atom stereocenters. The number of nitrogens with zero attached hydrogens (tertiary/aromatic N) is 1. The summed E-state index contributed by atoms with van der Waals surface area (Å²) in [6.07, 6.45) is 1.45. The first-order valence-corrected chi connectivity index (χ1v) is 9.00. The molecule has 0 spiro atoms. The second-order valence-electron chi connectivity index (χ2n) is 6.32. The molecule has 1 N–H and O–H groups in total. The van der Waals surface area contributed by atoms with Gasteiger partial charge >= 0.3 is 5.97 Å². The third-order valence-electron chi connectivity index (χ3n) is 3.94. The van der Waals surface area contributed by atoms with Crippen LogP contribution in [0, 0.1) is 5.41 Å². The number of hydrogen-bond acceptors (Lipinski definition) is 5. The lowest BCUT2D eigenvalue weighted by molar-refractivity contribution is -0.166. The third kappa shape index (κ3) is 4.41. The molecule has 0 bridgehead atoms. The Morgan fingerprint density at radius 3 is 2.43 bits per heavy atom. The van der Waals surface area contributed by atoms with E-state index >= 15 is 0 Å². The average molecular weight is 319 g/mol. The SMILES string of the molecule is C[C@@H]1CN(C(=O)CC2(CS(C)(=O)=O)CC2)CC(C(=O)O)O1. The lowest BCUT2D eigenvalue weighted by Gasteiger charge is -2.35. The molecule has 8 heteroatoms. The van der Waals surface area contributed by atoms with E-state index in [2.05, 4.69) is 0 Å². The highest BCUT2D eigenvalue weighted by atomic mass is 32.2. The van der Waals surface area contributed by atoms with Crippen molar-refractivity contribution < 1.29 is 27.9 Å². The maximum atomic E-state index is 12.3. The highest BCUT2D eigenvalue weighted by molar-refractivity contribution is 7.90. The first kappa shape index (κ1) is 16.2. The maximum Gasteiger partial charge on any atom is 0.334 e. The van der Waals surface area contributed by atoms with Gasteiger partial charge in [-0.3, -0.25) is 4.79 Å². The van der Waals surface area contributed by atoms with Crippen molar-refractivity contribution in [3.63, 3.8) is 0 Å². The fourth-order valence-corrected chi connectivity index (χ4v) is 4.33. The number of sulfone groups is 1. The van der Waals surface area contributed by atoms with Crippen LogP contribution in [-0.4, -0.2) is 67.6 Å². The molecule has 0 aromatic carbocycles. The van der Waals surface area contributed by atoms with E-state index in [0.29, 0.717) is 6.54 Å². The lowest BCUT2D eigenvalue weighted by atomic mass is 10.0. The smallest absolute Gasteiger partial charge is 0.334 e. The maximum absolute atomic E-state index is 12.3. The van der Waals surface area contributed by atoms with Gasteiger partial charge in [0.15, 0.2) is 6.10 Å². The van der Waals surface area contributed by atoms with Gasteiger partial charge in [-0.2, -0.15) is 0 Å². The summed E-state index contributed by atoms with van der Waals surface area (Å²) in [5.74, 6) is -1.25. The molecule has 120 valence electrons. The summed E-state index contributed by atoms with van der Waals surface area (Å²) in [7, 11) is -3.12. The number of aliphatic carboxylic acids is 1. The summed E-state index contributed by atoms with van der Waals surface area (Å²) in [5, 5.41) is 9.01. The largest absolute Gasteiger partial charge is 0.479 e. The topological polar surface area (TPSA) is 101 Å². The van der Waals surface area contributed by atoms with E-state index in [1.807, 2.05) is 0 Å². The molecular weight excluding hydrogens is 298 g/mol. The number of carbonyl (C=O) groups excluding carboxylic acids is 1. The van der Waals surface area contributed by atoms with Crippen molar-refractivity contribution in [2.75, 3.05) is 25.1 Å². The van der Waals surface area contributed by atoms with Gasteiger partial charge in [-0.1, -0.05) is 0 Å². The Morgan fingerprint density at radius 2 is 1.95 bits per heavy atom. The van der Waals surface area contributed by atoms with E-state index in [0.717, 1.165) is 12.8 Å². The summed E-state index contributed by atoms with van der Waals surface area (Å²) in [6.45, 7) is 2.09. The number of hydrogen-bond donors (Lipinski definition) is 1. The van der Waals surface area contributed by atoms with Crippen molar-refractivity contribution in [1.29, 1.82) is 0 Å². The molecule has 1 saturated heterocycles. The predicted molar refractivity (Wildman–Crippen MR) is 74.5 cm³/mol. The van der Waals surface area contributed by atoms with E-state index in [1.165, 1.54) is 11.2 Å². The molecule has 0 aromatic rings. The van der Waals surface area contributed by atoms with Gasteiger partial charge in [-0.25, -0.2) is 13.2 Å². The van der Waals surface area contributed by atoms with Crippen LogP contribution < -0.4 is 0 Å². The summed E-state index contributed by atoms with van der Waals surface area (Å²) in [5.41, 5.74) is -0.440. The Morgan fingerprint density at radius 1 is 1.33 bits per heavy atom. The number of ether oxygens (including phenoxy) is 1. The molecule has 7 nitrogen and oxygen atoms in total. The molecule has 1 saturated carbocycles. The molecule has 1 aliphatic carbocycles. The average Bonchev–Trinajstić information content (AvgIpc) is 3.04. The van der Waals surface area contributed by atoms with Gasteiger partial charge in [0.2, 0.25) is 5.91 Å². The van der Waals surface area contributed by atoms with E-state index in [9.17, 15) is 18.0 Å². The number of carboxylic acid groups (broad SMARTS) is 1. The summed E-state index contributed by atoms with van der Waals surface area (Å²) in [4.78, 5) is 24.8. The third-order valence-corrected chi connectivity index (χ3v) is 5.08. The van der Waals surface area contributed by atoms with Gasteiger partial charge in [-0.15, -0.1) is 0 Å². The van der Waals surface area contributed by atoms with Gasteiger partial charge in [0.05, 0.1) is 18.4 Å². The van der Waals surface area contributed by atoms with Crippen molar-refractivity contribution >= 4 is 21.7 Å². The molecule has 2 rings (SSSR count). The first-order chi connectivity index (χ1) is 9.60. The highest BCUT2D eigenvalue weighted by Gasteiger charge is 2.48. The summed E-state index contributed by atoms with van der Waals surface area (Å²) >= 11 is 0. The van der Waals surface area contributed by atoms with E-state index < -0.39 is 27.3 Å². The fraction of sp³-hybridized carbons (Fsp3) is 0.846. The number of carbonyl (C=O) groups is 2. The van der Waals surface area contributed by atoms with Crippen LogP contribution in [0.15, 0.2) is 0 Å². The Balaban J connectivity index is 1.98. The van der Waals surface area contributed by atoms with Crippen LogP contribution in [0.1, 0.15) is 26.2 Å². The zero-order valence-corrected chi connectivity index (χ0v) is 13.1. The molecule has 1 amide bonds. The Hall–Kier alpha value is -1.15. The molecule has 1 aliphatic heterocycles. The molecule has 1 unspecified atom stereocenters. The summed E-state index contributed by atoms with van der Waals surface area (Å²) < 4.78 is 28.1. The van der Waals surface area contributed by atoms with Crippen LogP contribution in [0.2, 0.25) is 0 Å². The molecule has 0 radical (unpaired) electrons. The minimum Gasteiger partial charge on any atom is -0.479 e. The Labute approximate surface area is 124 Å². The van der Waals surface area contributed by atoms with Crippen LogP contribution in [0.25, 0.3) is 0 Å². The molecule has 2 aliphatic rings. The second kappa shape index (κ2) is 5.57. The van der Waals surface area contributed by atoms with Crippen molar-refractivity contribution in [2.45, 2.75) is 38.4 Å². The normalized spacial score (nSPS) is 28.2. The van der Waals surface area contributed by atoms with Gasteiger partial charge in [0.25, 0.3) is 0 Å². The highest BCUT2D eigenvalue weighted by Crippen LogP contribution is 2.50. The zero-order valence-electron chi connectivity index (χ0n) is 12.2. The van der Waals surface area contributed by atoms with Crippen LogP contribution in [0.4, 0.5) is 0 Å². The second-order valence-corrected chi connectivity index (χ2v) is 8.46. The lowest BCUT2D eigenvalue weighted by Crippen LogP contribution is -2.52. The number of amides is 1. The Bertz CT molecular complexity index is 539. The van der Waals surface area contributed by atoms with Gasteiger partial charge < -0.3 is 14.7 Å². The minimum absolute atomic E-state index is 0.0213. The monoisotopic (exact) mass is 319 g/mol. The summed E-state index contributed by atoms with van der Waals surface area (Å²) in [6, 6.07) is 0. The Kier molecular flexibility index (Phi) is 4.30. The minimum atomic E-state index is -3.12. The van der Waals surface area contributed by atoms with Crippen LogP contribution >= 0.6 is 0 Å². The van der Waals surface area contributed by atoms with Gasteiger partial charge in [0, 0.05) is 19.2 Å². The van der Waals surface area contributed by atoms with Gasteiger partial charge in [-0.05, 0) is 25.2 Å². The van der Waals surface area contributed by atoms with Crippen molar-refractivity contribution in [1.82, 2.24) is 4.90 Å². The van der Waals surface area contributed by atoms with Crippen LogP contribution in [0.5, 0.6) is 0 Å². The predicted octanol–water partition coefficient (Wildman–Crippen LogP) is -0.0982. The molecular formula is C13H21NO6S. The van der Waals surface area contributed by atoms with Crippen LogP contribution in [-0.2, 0) is 24.2 Å². The standard InChI is InChI=1S/C13H21NO6S/c1-9-6-14(7-10(20-9)12(16)17)11(15)5-13(3-4-13)8-21(2,18)19/h9-10H,3-8H2,1-2H3,(H,16,17)/t9-,10?/m1/s1. The molecule has 2 fully saturated rings. The zero-order chi connectivity index (χ0) is 15.8. The fourth-order valence-electron chi connectivity index (χ4n) is 2.83. The number of morpholine rings is 1. The first-order valence-electron chi connectivity index (χ1n) is 6.94. The van der Waals surface area contributed by atoms with Gasteiger partial charge in [0.1, 0.15) is 9.84 Å². The number of carboxylic acids is 1. The number of rotatable bonds is 5. The molecule has 1 heterocycles. The van der Waals surface area contributed by atoms with E-state index in [-0.39, 0.29) is 30.7 Å². The van der Waals surface area contributed by atoms with Crippen molar-refractivity contribution in [3.8, 4) is 0 Å². The van der Waals surface area contributed by atoms with E-state index in [4.69, 9.17) is 9.84 Å². The van der Waals surface area contributed by atoms with Crippen molar-refractivity contribution in [2.24, 2.45) is 5.41 Å².